The average molecular weight is 278 g/mol. The molecule has 3 nitrogen and oxygen atoms in total. The smallest absolute Gasteiger partial charge is 0.241 e. The fourth-order valence-corrected chi connectivity index (χ4v) is 3.60. The van der Waals surface area contributed by atoms with Gasteiger partial charge >= 0.3 is 0 Å². The van der Waals surface area contributed by atoms with Crippen LogP contribution in [0.3, 0.4) is 0 Å². The number of thioether (sulfide) groups is 1. The van der Waals surface area contributed by atoms with Crippen LogP contribution < -0.4 is 11.1 Å². The van der Waals surface area contributed by atoms with E-state index in [1.807, 2.05) is 36.9 Å². The van der Waals surface area contributed by atoms with E-state index in [0.717, 1.165) is 10.6 Å². The fourth-order valence-electron chi connectivity index (χ4n) is 2.27. The molecule has 0 spiro atoms. The molecule has 0 heterocycles. The van der Waals surface area contributed by atoms with E-state index < -0.39 is 6.04 Å². The van der Waals surface area contributed by atoms with Gasteiger partial charge < -0.3 is 11.1 Å². The van der Waals surface area contributed by atoms with Gasteiger partial charge in [0.1, 0.15) is 0 Å². The first-order valence-corrected chi connectivity index (χ1v) is 7.90. The summed E-state index contributed by atoms with van der Waals surface area (Å²) in [7, 11) is 0. The Morgan fingerprint density at radius 1 is 1.42 bits per heavy atom. The second kappa shape index (κ2) is 6.96. The molecule has 0 radical (unpaired) electrons. The number of nitrogens with two attached hydrogens (primary N) is 1. The zero-order valence-electron chi connectivity index (χ0n) is 11.4. The topological polar surface area (TPSA) is 55.1 Å². The van der Waals surface area contributed by atoms with Crippen LogP contribution in [-0.2, 0) is 4.79 Å². The largest absolute Gasteiger partial charge is 0.324 e. The summed E-state index contributed by atoms with van der Waals surface area (Å²) in [6.45, 7) is 1.92. The number of amides is 1. The van der Waals surface area contributed by atoms with Crippen LogP contribution >= 0.6 is 11.8 Å². The number of hydrogen-bond donors (Lipinski definition) is 2. The van der Waals surface area contributed by atoms with E-state index in [4.69, 9.17) is 5.73 Å². The minimum Gasteiger partial charge on any atom is -0.324 e. The van der Waals surface area contributed by atoms with Gasteiger partial charge in [0.15, 0.2) is 0 Å². The first-order chi connectivity index (χ1) is 9.20. The first kappa shape index (κ1) is 14.4. The standard InChI is InChI=1S/C15H22N2OS/c1-2-12(16)15(18)17-13-9-5-6-10-14(13)19-11-7-3-4-8-11/h5-6,9-12H,2-4,7-8,16H2,1H3,(H,17,18). The van der Waals surface area contributed by atoms with Crippen LogP contribution in [0.4, 0.5) is 5.69 Å². The minimum absolute atomic E-state index is 0.0954. The van der Waals surface area contributed by atoms with Gasteiger partial charge in [0.2, 0.25) is 5.91 Å². The predicted molar refractivity (Wildman–Crippen MR) is 81.5 cm³/mol. The van der Waals surface area contributed by atoms with Crippen LogP contribution in [0.25, 0.3) is 0 Å². The third kappa shape index (κ3) is 3.98. The highest BCUT2D eigenvalue weighted by molar-refractivity contribution is 8.00. The molecule has 1 amide bonds. The zero-order valence-corrected chi connectivity index (χ0v) is 12.2. The highest BCUT2D eigenvalue weighted by Crippen LogP contribution is 2.37. The highest BCUT2D eigenvalue weighted by Gasteiger charge is 2.19. The van der Waals surface area contributed by atoms with E-state index >= 15 is 0 Å². The number of anilines is 1. The van der Waals surface area contributed by atoms with E-state index in [0.29, 0.717) is 11.7 Å². The van der Waals surface area contributed by atoms with Crippen molar-refractivity contribution >= 4 is 23.4 Å². The Hall–Kier alpha value is -1.00. The molecule has 0 saturated heterocycles. The molecule has 104 valence electrons. The minimum atomic E-state index is -0.426. The van der Waals surface area contributed by atoms with Crippen molar-refractivity contribution in [2.75, 3.05) is 5.32 Å². The van der Waals surface area contributed by atoms with Crippen molar-refractivity contribution in [1.82, 2.24) is 0 Å². The van der Waals surface area contributed by atoms with Gasteiger partial charge in [0.05, 0.1) is 11.7 Å². The van der Waals surface area contributed by atoms with Gasteiger partial charge in [-0.05, 0) is 31.4 Å². The number of rotatable bonds is 5. The summed E-state index contributed by atoms with van der Waals surface area (Å²) in [5.74, 6) is -0.0954. The van der Waals surface area contributed by atoms with Gasteiger partial charge in [-0.2, -0.15) is 0 Å². The molecular formula is C15H22N2OS. The molecule has 19 heavy (non-hydrogen) atoms. The van der Waals surface area contributed by atoms with Gasteiger partial charge in [-0.1, -0.05) is 31.9 Å². The summed E-state index contributed by atoms with van der Waals surface area (Å²) in [6.07, 6.45) is 5.87. The Labute approximate surface area is 119 Å². The van der Waals surface area contributed by atoms with Crippen LogP contribution in [0.15, 0.2) is 29.2 Å². The Balaban J connectivity index is 2.05. The van der Waals surface area contributed by atoms with Crippen LogP contribution in [-0.4, -0.2) is 17.2 Å². The van der Waals surface area contributed by atoms with E-state index in [1.54, 1.807) is 0 Å². The molecule has 0 aliphatic heterocycles. The maximum atomic E-state index is 11.9. The third-order valence-electron chi connectivity index (χ3n) is 3.52. The second-order valence-corrected chi connectivity index (χ2v) is 6.37. The first-order valence-electron chi connectivity index (χ1n) is 7.03. The number of nitrogens with one attached hydrogen (secondary N) is 1. The van der Waals surface area contributed by atoms with Crippen LogP contribution in [0.2, 0.25) is 0 Å². The SMILES string of the molecule is CCC(N)C(=O)Nc1ccccc1SC1CCCC1. The van der Waals surface area contributed by atoms with Gasteiger partial charge in [-0.15, -0.1) is 11.8 Å². The molecule has 0 bridgehead atoms. The van der Waals surface area contributed by atoms with Gasteiger partial charge in [-0.25, -0.2) is 0 Å². The summed E-state index contributed by atoms with van der Waals surface area (Å²) in [6, 6.07) is 7.58. The summed E-state index contributed by atoms with van der Waals surface area (Å²) >= 11 is 1.88. The quantitative estimate of drug-likeness (QED) is 0.868. The van der Waals surface area contributed by atoms with Crippen LogP contribution in [0, 0.1) is 0 Å². The monoisotopic (exact) mass is 278 g/mol. The van der Waals surface area contributed by atoms with Crippen LogP contribution in [0.1, 0.15) is 39.0 Å². The van der Waals surface area contributed by atoms with Crippen molar-refractivity contribution in [3.05, 3.63) is 24.3 Å². The lowest BCUT2D eigenvalue weighted by molar-refractivity contribution is -0.117. The molecule has 1 atom stereocenters. The molecule has 1 fully saturated rings. The van der Waals surface area contributed by atoms with Crippen molar-refractivity contribution < 1.29 is 4.79 Å². The average Bonchev–Trinajstić information content (AvgIpc) is 2.93. The summed E-state index contributed by atoms with van der Waals surface area (Å²) in [5, 5.41) is 3.64. The van der Waals surface area contributed by atoms with Gasteiger partial charge in [-0.3, -0.25) is 4.79 Å². The summed E-state index contributed by atoms with van der Waals surface area (Å²) < 4.78 is 0. The lowest BCUT2D eigenvalue weighted by Crippen LogP contribution is -2.34. The highest BCUT2D eigenvalue weighted by atomic mass is 32.2. The lowest BCUT2D eigenvalue weighted by Gasteiger charge is -2.15. The number of benzene rings is 1. The summed E-state index contributed by atoms with van der Waals surface area (Å²) in [4.78, 5) is 13.0. The molecule has 1 aromatic rings. The molecule has 1 aliphatic carbocycles. The molecule has 1 unspecified atom stereocenters. The number of carbonyl (C=O) groups excluding carboxylic acids is 1. The molecule has 1 aliphatic rings. The van der Waals surface area contributed by atoms with Gasteiger partial charge in [0.25, 0.3) is 0 Å². The second-order valence-electron chi connectivity index (χ2n) is 5.02. The molecule has 0 aromatic heterocycles. The van der Waals surface area contributed by atoms with Crippen molar-refractivity contribution in [2.24, 2.45) is 5.73 Å². The normalized spacial score (nSPS) is 17.4. The fraction of sp³-hybridized carbons (Fsp3) is 0.533. The maximum Gasteiger partial charge on any atom is 0.241 e. The van der Waals surface area contributed by atoms with E-state index in [9.17, 15) is 4.79 Å². The molecule has 2 rings (SSSR count). The van der Waals surface area contributed by atoms with Crippen LogP contribution in [0.5, 0.6) is 0 Å². The number of para-hydroxylation sites is 1. The molecular weight excluding hydrogens is 256 g/mol. The Morgan fingerprint density at radius 3 is 2.79 bits per heavy atom. The van der Waals surface area contributed by atoms with E-state index in [2.05, 4.69) is 11.4 Å². The Bertz CT molecular complexity index is 430. The molecule has 1 saturated carbocycles. The van der Waals surface area contributed by atoms with Gasteiger partial charge in [0, 0.05) is 10.1 Å². The zero-order chi connectivity index (χ0) is 13.7. The van der Waals surface area contributed by atoms with Crippen molar-refractivity contribution in [2.45, 2.75) is 55.2 Å². The van der Waals surface area contributed by atoms with Crippen molar-refractivity contribution in [3.63, 3.8) is 0 Å². The van der Waals surface area contributed by atoms with Crippen molar-refractivity contribution in [3.8, 4) is 0 Å². The van der Waals surface area contributed by atoms with Crippen molar-refractivity contribution in [1.29, 1.82) is 0 Å². The summed E-state index contributed by atoms with van der Waals surface area (Å²) in [5.41, 5.74) is 6.66. The van der Waals surface area contributed by atoms with E-state index in [1.165, 1.54) is 25.7 Å². The maximum absolute atomic E-state index is 11.9. The predicted octanol–water partition coefficient (Wildman–Crippen LogP) is 3.40. The third-order valence-corrected chi connectivity index (χ3v) is 4.93. The number of carbonyl (C=O) groups is 1. The molecule has 1 aromatic carbocycles. The lowest BCUT2D eigenvalue weighted by atomic mass is 10.2. The molecule has 4 heteroatoms. The molecule has 3 N–H and O–H groups in total. The van der Waals surface area contributed by atoms with E-state index in [-0.39, 0.29) is 5.91 Å². The Morgan fingerprint density at radius 2 is 2.11 bits per heavy atom. The number of hydrogen-bond acceptors (Lipinski definition) is 3. The Kier molecular flexibility index (Phi) is 5.28.